The van der Waals surface area contributed by atoms with Gasteiger partial charge in [-0.2, -0.15) is 5.10 Å². The highest BCUT2D eigenvalue weighted by Gasteiger charge is 2.19. The second-order valence-electron chi connectivity index (χ2n) is 4.90. The van der Waals surface area contributed by atoms with Gasteiger partial charge in [-0.25, -0.2) is 4.52 Å². The minimum absolute atomic E-state index is 0.0277. The molecule has 0 aliphatic heterocycles. The lowest BCUT2D eigenvalue weighted by atomic mass is 9.93. The number of imidazole rings is 1. The maximum Gasteiger partial charge on any atom is 0.323 e. The van der Waals surface area contributed by atoms with E-state index in [2.05, 4.69) is 25.9 Å². The van der Waals surface area contributed by atoms with Crippen LogP contribution in [0.1, 0.15) is 26.5 Å². The van der Waals surface area contributed by atoms with Crippen LogP contribution in [0.5, 0.6) is 0 Å². The predicted octanol–water partition coefficient (Wildman–Crippen LogP) is 1.52. The summed E-state index contributed by atoms with van der Waals surface area (Å²) in [5.41, 5.74) is 1.75. The van der Waals surface area contributed by atoms with E-state index in [0.717, 1.165) is 11.3 Å². The second-order valence-corrected chi connectivity index (χ2v) is 4.90. The predicted molar refractivity (Wildman–Crippen MR) is 59.5 cm³/mol. The maximum atomic E-state index is 10.7. The first kappa shape index (κ1) is 10.7. The van der Waals surface area contributed by atoms with Gasteiger partial charge in [0, 0.05) is 23.9 Å². The molecule has 2 rings (SSSR count). The monoisotopic (exact) mass is 221 g/mol. The molecule has 1 N–H and O–H groups in total. The molecule has 86 valence electrons. The summed E-state index contributed by atoms with van der Waals surface area (Å²) in [4.78, 5) is 10.7. The summed E-state index contributed by atoms with van der Waals surface area (Å²) in [6.45, 7) is 6.20. The van der Waals surface area contributed by atoms with Crippen LogP contribution in [0.25, 0.3) is 5.65 Å². The molecule has 0 unspecified atom stereocenters. The van der Waals surface area contributed by atoms with Gasteiger partial charge < -0.3 is 9.67 Å². The SMILES string of the molecule is CC(C)(C)c1cc2n(CC(=O)O)ccn2n1. The molecule has 2 aromatic rings. The summed E-state index contributed by atoms with van der Waals surface area (Å²) in [6.07, 6.45) is 3.50. The number of fused-ring (bicyclic) bond motifs is 1. The van der Waals surface area contributed by atoms with Crippen molar-refractivity contribution < 1.29 is 9.90 Å². The zero-order chi connectivity index (χ0) is 11.9. The highest BCUT2D eigenvalue weighted by Crippen LogP contribution is 2.22. The summed E-state index contributed by atoms with van der Waals surface area (Å²) in [5, 5.41) is 13.2. The lowest BCUT2D eigenvalue weighted by Crippen LogP contribution is -2.11. The summed E-state index contributed by atoms with van der Waals surface area (Å²) in [7, 11) is 0. The number of rotatable bonds is 2. The van der Waals surface area contributed by atoms with Crippen molar-refractivity contribution in [1.82, 2.24) is 14.2 Å². The Morgan fingerprint density at radius 2 is 2.12 bits per heavy atom. The van der Waals surface area contributed by atoms with Crippen molar-refractivity contribution >= 4 is 11.6 Å². The van der Waals surface area contributed by atoms with Gasteiger partial charge >= 0.3 is 5.97 Å². The number of nitrogens with zero attached hydrogens (tertiary/aromatic N) is 3. The van der Waals surface area contributed by atoms with Crippen LogP contribution in [-0.4, -0.2) is 25.3 Å². The number of carbonyl (C=O) groups is 1. The fraction of sp³-hybridized carbons (Fsp3) is 0.455. The molecule has 0 atom stereocenters. The largest absolute Gasteiger partial charge is 0.480 e. The third-order valence-corrected chi connectivity index (χ3v) is 2.47. The number of hydrogen-bond donors (Lipinski definition) is 1. The van der Waals surface area contributed by atoms with Crippen molar-refractivity contribution in [2.45, 2.75) is 32.7 Å². The van der Waals surface area contributed by atoms with Crippen LogP contribution in [0.15, 0.2) is 18.5 Å². The van der Waals surface area contributed by atoms with Gasteiger partial charge in [0.2, 0.25) is 0 Å². The Bertz CT molecular complexity index is 531. The lowest BCUT2D eigenvalue weighted by Gasteiger charge is -2.13. The topological polar surface area (TPSA) is 59.5 Å². The minimum Gasteiger partial charge on any atom is -0.480 e. The third kappa shape index (κ3) is 1.80. The van der Waals surface area contributed by atoms with Crippen LogP contribution < -0.4 is 0 Å². The maximum absolute atomic E-state index is 10.7. The molecule has 2 aromatic heterocycles. The molecule has 0 aliphatic carbocycles. The van der Waals surface area contributed by atoms with Crippen molar-refractivity contribution in [1.29, 1.82) is 0 Å². The van der Waals surface area contributed by atoms with Gasteiger partial charge in [-0.15, -0.1) is 0 Å². The molecular weight excluding hydrogens is 206 g/mol. The van der Waals surface area contributed by atoms with Gasteiger partial charge in [0.25, 0.3) is 0 Å². The Morgan fingerprint density at radius 1 is 1.44 bits per heavy atom. The van der Waals surface area contributed by atoms with Crippen LogP contribution in [0.3, 0.4) is 0 Å². The first-order valence-electron chi connectivity index (χ1n) is 5.15. The highest BCUT2D eigenvalue weighted by atomic mass is 16.4. The van der Waals surface area contributed by atoms with Crippen LogP contribution in [-0.2, 0) is 16.8 Å². The fourth-order valence-corrected chi connectivity index (χ4v) is 1.57. The summed E-state index contributed by atoms with van der Waals surface area (Å²) >= 11 is 0. The zero-order valence-corrected chi connectivity index (χ0v) is 9.64. The van der Waals surface area contributed by atoms with E-state index in [1.165, 1.54) is 0 Å². The third-order valence-electron chi connectivity index (χ3n) is 2.47. The Hall–Kier alpha value is -1.78. The Balaban J connectivity index is 2.47. The average molecular weight is 221 g/mol. The molecular formula is C11H15N3O2. The fourth-order valence-electron chi connectivity index (χ4n) is 1.57. The Labute approximate surface area is 93.3 Å². The Kier molecular flexibility index (Phi) is 2.26. The normalized spacial score (nSPS) is 12.2. The van der Waals surface area contributed by atoms with Crippen LogP contribution in [0, 0.1) is 0 Å². The lowest BCUT2D eigenvalue weighted by molar-refractivity contribution is -0.137. The van der Waals surface area contributed by atoms with E-state index in [1.54, 1.807) is 21.5 Å². The van der Waals surface area contributed by atoms with Gasteiger partial charge in [0.15, 0.2) is 0 Å². The first-order valence-corrected chi connectivity index (χ1v) is 5.15. The van der Waals surface area contributed by atoms with Gasteiger partial charge in [-0.3, -0.25) is 4.79 Å². The molecule has 0 radical (unpaired) electrons. The van der Waals surface area contributed by atoms with E-state index in [4.69, 9.17) is 5.11 Å². The van der Waals surface area contributed by atoms with E-state index in [0.29, 0.717) is 0 Å². The summed E-state index contributed by atoms with van der Waals surface area (Å²) < 4.78 is 3.38. The summed E-state index contributed by atoms with van der Waals surface area (Å²) in [5.74, 6) is -0.850. The van der Waals surface area contributed by atoms with E-state index < -0.39 is 5.97 Å². The minimum atomic E-state index is -0.850. The quantitative estimate of drug-likeness (QED) is 0.836. The standard InChI is InChI=1S/C11H15N3O2/c1-11(2,3)8-6-9-13(7-10(15)16)4-5-14(9)12-8/h4-6H,7H2,1-3H3,(H,15,16). The number of carboxylic acids is 1. The first-order chi connectivity index (χ1) is 7.38. The van der Waals surface area contributed by atoms with E-state index >= 15 is 0 Å². The van der Waals surface area contributed by atoms with Gasteiger partial charge in [-0.1, -0.05) is 20.8 Å². The van der Waals surface area contributed by atoms with E-state index in [9.17, 15) is 4.79 Å². The van der Waals surface area contributed by atoms with Gasteiger partial charge in [0.05, 0.1) is 5.69 Å². The molecule has 0 aliphatic rings. The van der Waals surface area contributed by atoms with E-state index in [-0.39, 0.29) is 12.0 Å². The van der Waals surface area contributed by atoms with E-state index in [1.807, 2.05) is 6.07 Å². The van der Waals surface area contributed by atoms with Gasteiger partial charge in [-0.05, 0) is 0 Å². The summed E-state index contributed by atoms with van der Waals surface area (Å²) in [6, 6.07) is 1.93. The van der Waals surface area contributed by atoms with Crippen molar-refractivity contribution in [3.8, 4) is 0 Å². The highest BCUT2D eigenvalue weighted by molar-refractivity contribution is 5.67. The van der Waals surface area contributed by atoms with Crippen LogP contribution in [0.2, 0.25) is 0 Å². The Morgan fingerprint density at radius 3 is 2.69 bits per heavy atom. The molecule has 0 saturated carbocycles. The van der Waals surface area contributed by atoms with Gasteiger partial charge in [0.1, 0.15) is 12.2 Å². The molecule has 0 spiro atoms. The van der Waals surface area contributed by atoms with Crippen LogP contribution in [0.4, 0.5) is 0 Å². The molecule has 0 bridgehead atoms. The molecule has 0 saturated heterocycles. The zero-order valence-electron chi connectivity index (χ0n) is 9.64. The molecule has 5 nitrogen and oxygen atoms in total. The second kappa shape index (κ2) is 3.37. The number of hydrogen-bond acceptors (Lipinski definition) is 2. The number of aliphatic carboxylic acids is 1. The smallest absolute Gasteiger partial charge is 0.323 e. The molecule has 5 heteroatoms. The van der Waals surface area contributed by atoms with Crippen molar-refractivity contribution in [2.75, 3.05) is 0 Å². The van der Waals surface area contributed by atoms with Crippen molar-refractivity contribution in [3.05, 3.63) is 24.2 Å². The van der Waals surface area contributed by atoms with Crippen LogP contribution >= 0.6 is 0 Å². The average Bonchev–Trinajstić information content (AvgIpc) is 2.64. The van der Waals surface area contributed by atoms with Crippen molar-refractivity contribution in [3.63, 3.8) is 0 Å². The number of aromatic nitrogens is 3. The molecule has 0 fully saturated rings. The molecule has 0 aromatic carbocycles. The van der Waals surface area contributed by atoms with Crippen molar-refractivity contribution in [2.24, 2.45) is 0 Å². The molecule has 0 amide bonds. The number of carboxylic acid groups (broad SMARTS) is 1. The molecule has 16 heavy (non-hydrogen) atoms. The molecule has 2 heterocycles.